The third-order valence-corrected chi connectivity index (χ3v) is 10.2. The highest BCUT2D eigenvalue weighted by atomic mass is 17.1. The molecule has 8 atom stereocenters. The zero-order valence-electron chi connectivity index (χ0n) is 18.0. The van der Waals surface area contributed by atoms with E-state index in [2.05, 4.69) is 13.8 Å². The molecule has 4 saturated carbocycles. The van der Waals surface area contributed by atoms with E-state index in [1.165, 1.54) is 0 Å². The lowest BCUT2D eigenvalue weighted by Crippen LogP contribution is -2.62. The van der Waals surface area contributed by atoms with Gasteiger partial charge in [-0.3, -0.25) is 4.84 Å². The Labute approximate surface area is 177 Å². The van der Waals surface area contributed by atoms with Gasteiger partial charge in [0.2, 0.25) is 0 Å². The zero-order valence-corrected chi connectivity index (χ0v) is 18.0. The second-order valence-corrected chi connectivity index (χ2v) is 11.0. The van der Waals surface area contributed by atoms with Gasteiger partial charge in [0.15, 0.2) is 0 Å². The fraction of sp³-hybridized carbons (Fsp3) is 0.870. The van der Waals surface area contributed by atoms with E-state index in [1.54, 1.807) is 6.08 Å². The van der Waals surface area contributed by atoms with Crippen molar-refractivity contribution in [2.75, 3.05) is 6.61 Å². The summed E-state index contributed by atoms with van der Waals surface area (Å²) in [6.45, 7) is 5.00. The van der Waals surface area contributed by atoms with Crippen molar-refractivity contribution in [2.45, 2.75) is 83.3 Å². The number of cyclic esters (lactones) is 1. The number of ether oxygens (including phenoxy) is 1. The highest BCUT2D eigenvalue weighted by Gasteiger charge is 2.67. The molecule has 7 nitrogen and oxygen atoms in total. The summed E-state index contributed by atoms with van der Waals surface area (Å²) in [7, 11) is 0. The fourth-order valence-electron chi connectivity index (χ4n) is 8.59. The predicted octanol–water partition coefficient (Wildman–Crippen LogP) is 3.73. The Hall–Kier alpha value is -0.990. The molecule has 0 saturated heterocycles. The van der Waals surface area contributed by atoms with Crippen LogP contribution in [-0.2, 0) is 14.4 Å². The molecule has 0 amide bonds. The Kier molecular flexibility index (Phi) is 4.88. The van der Waals surface area contributed by atoms with E-state index in [1.807, 2.05) is 0 Å². The van der Waals surface area contributed by atoms with Crippen LogP contribution < -0.4 is 0 Å². The largest absolute Gasteiger partial charge is 0.738 e. The predicted molar refractivity (Wildman–Crippen MR) is 108 cm³/mol. The molecule has 4 fully saturated rings. The van der Waals surface area contributed by atoms with E-state index < -0.39 is 11.0 Å². The lowest BCUT2D eigenvalue weighted by molar-refractivity contribution is -0.338. The SMILES string of the molecule is C[C@]12CC[C@H](ON([O-])O)C[C@H]1CC[C@@H]1[C@@H]2CC[C@]2(C)[C@@H](C3=CC(=O)OC3)CC[C@]12O. The number of fused-ring (bicyclic) bond motifs is 5. The van der Waals surface area contributed by atoms with Gasteiger partial charge in [0.1, 0.15) is 6.61 Å². The van der Waals surface area contributed by atoms with Gasteiger partial charge in [-0.05, 0) is 92.4 Å². The van der Waals surface area contributed by atoms with Crippen LogP contribution in [0, 0.1) is 39.7 Å². The summed E-state index contributed by atoms with van der Waals surface area (Å²) in [5.74, 6) is 1.15. The summed E-state index contributed by atoms with van der Waals surface area (Å²) < 4.78 is 5.20. The molecule has 5 rings (SSSR count). The van der Waals surface area contributed by atoms with Crippen molar-refractivity contribution in [2.24, 2.45) is 34.5 Å². The second kappa shape index (κ2) is 7.01. The van der Waals surface area contributed by atoms with Gasteiger partial charge in [0, 0.05) is 11.5 Å². The number of rotatable bonds is 3. The number of carbonyl (C=O) groups excluding carboxylic acids is 1. The van der Waals surface area contributed by atoms with Crippen molar-refractivity contribution >= 4 is 5.97 Å². The van der Waals surface area contributed by atoms with Gasteiger partial charge in [0.05, 0.1) is 11.7 Å². The molecule has 0 aromatic heterocycles. The topological polar surface area (TPSA) is 102 Å². The molecular formula is C23H34NO6-. The number of esters is 1. The standard InChI is InChI=1S/C23H34NO6/c1-21-8-5-16(30-24(27)28)12-15(21)3-4-19-18(21)6-9-22(2)17(7-10-23(19,22)26)14-11-20(25)29-13-14/h11,15-19,26-27H,3-10,12-13H2,1-2H3/q-1/t15-,16+,17-,18+,19-,21+,22-,23+/m1/s1. The second-order valence-electron chi connectivity index (χ2n) is 11.0. The van der Waals surface area contributed by atoms with Crippen molar-refractivity contribution in [3.63, 3.8) is 0 Å². The van der Waals surface area contributed by atoms with Crippen molar-refractivity contribution in [3.8, 4) is 0 Å². The normalized spacial score (nSPS) is 50.5. The van der Waals surface area contributed by atoms with E-state index in [0.717, 1.165) is 63.4 Å². The van der Waals surface area contributed by atoms with Gasteiger partial charge < -0.3 is 20.3 Å². The Morgan fingerprint density at radius 2 is 1.93 bits per heavy atom. The van der Waals surface area contributed by atoms with Crippen LogP contribution in [0.25, 0.3) is 0 Å². The van der Waals surface area contributed by atoms with E-state index in [0.29, 0.717) is 18.4 Å². The number of carbonyl (C=O) groups is 1. The summed E-state index contributed by atoms with van der Waals surface area (Å²) in [6, 6.07) is 0. The van der Waals surface area contributed by atoms with Gasteiger partial charge >= 0.3 is 5.97 Å². The minimum atomic E-state index is -0.703. The van der Waals surface area contributed by atoms with E-state index in [9.17, 15) is 15.1 Å². The first-order chi connectivity index (χ1) is 14.2. The molecule has 0 radical (unpaired) electrons. The molecule has 0 unspecified atom stereocenters. The van der Waals surface area contributed by atoms with E-state index in [-0.39, 0.29) is 34.7 Å². The third kappa shape index (κ3) is 2.85. The quantitative estimate of drug-likeness (QED) is 0.530. The summed E-state index contributed by atoms with van der Waals surface area (Å²) in [4.78, 5) is 16.7. The third-order valence-electron chi connectivity index (χ3n) is 10.2. The molecule has 168 valence electrons. The highest BCUT2D eigenvalue weighted by molar-refractivity contribution is 5.85. The first kappa shape index (κ1) is 20.9. The maximum Gasteiger partial charge on any atom is 0.331 e. The van der Waals surface area contributed by atoms with Crippen LogP contribution in [0.2, 0.25) is 0 Å². The Bertz CT molecular complexity index is 754. The summed E-state index contributed by atoms with van der Waals surface area (Å²) in [5.41, 5.74) is 0.288. The molecule has 0 bridgehead atoms. The van der Waals surface area contributed by atoms with Gasteiger partial charge in [-0.25, -0.2) is 4.79 Å². The molecule has 7 heteroatoms. The minimum absolute atomic E-state index is 0.132. The van der Waals surface area contributed by atoms with Gasteiger partial charge in [-0.15, -0.1) is 5.39 Å². The molecule has 0 spiro atoms. The number of nitrogens with zero attached hydrogens (tertiary/aromatic N) is 1. The average Bonchev–Trinajstić information content (AvgIpc) is 3.22. The Balaban J connectivity index is 1.39. The maximum absolute atomic E-state index is 12.2. The van der Waals surface area contributed by atoms with Crippen LogP contribution in [0.4, 0.5) is 0 Å². The lowest BCUT2D eigenvalue weighted by Gasteiger charge is -2.63. The molecule has 5 aliphatic rings. The molecule has 1 aliphatic heterocycles. The van der Waals surface area contributed by atoms with Crippen LogP contribution in [0.15, 0.2) is 11.6 Å². The summed E-state index contributed by atoms with van der Waals surface area (Å²) in [5, 5.41) is 31.7. The number of hydrogen-bond acceptors (Lipinski definition) is 7. The van der Waals surface area contributed by atoms with E-state index in [4.69, 9.17) is 14.8 Å². The first-order valence-electron chi connectivity index (χ1n) is 11.6. The molecule has 4 aliphatic carbocycles. The summed E-state index contributed by atoms with van der Waals surface area (Å²) >= 11 is 0. The fourth-order valence-corrected chi connectivity index (χ4v) is 8.59. The van der Waals surface area contributed by atoms with Gasteiger partial charge in [0.25, 0.3) is 0 Å². The van der Waals surface area contributed by atoms with Gasteiger partial charge in [-0.2, -0.15) is 0 Å². The van der Waals surface area contributed by atoms with Crippen LogP contribution >= 0.6 is 0 Å². The van der Waals surface area contributed by atoms with Crippen molar-refractivity contribution in [1.82, 2.24) is 5.39 Å². The molecule has 0 aromatic rings. The van der Waals surface area contributed by atoms with Crippen LogP contribution in [0.5, 0.6) is 0 Å². The van der Waals surface area contributed by atoms with E-state index >= 15 is 0 Å². The summed E-state index contributed by atoms with van der Waals surface area (Å²) in [6.07, 6.45) is 9.75. The number of hydrogen-bond donors (Lipinski definition) is 2. The van der Waals surface area contributed by atoms with Crippen molar-refractivity contribution in [1.29, 1.82) is 0 Å². The molecule has 1 heterocycles. The first-order valence-corrected chi connectivity index (χ1v) is 11.6. The number of aliphatic hydroxyl groups is 1. The lowest BCUT2D eigenvalue weighted by atomic mass is 9.43. The van der Waals surface area contributed by atoms with Crippen LogP contribution in [-0.4, -0.2) is 40.0 Å². The molecular weight excluding hydrogens is 386 g/mol. The monoisotopic (exact) mass is 420 g/mol. The Morgan fingerprint density at radius 1 is 1.13 bits per heavy atom. The zero-order chi connectivity index (χ0) is 21.3. The molecule has 2 N–H and O–H groups in total. The highest BCUT2D eigenvalue weighted by Crippen LogP contribution is 2.70. The molecule has 30 heavy (non-hydrogen) atoms. The molecule has 0 aromatic carbocycles. The van der Waals surface area contributed by atoms with Gasteiger partial charge in [-0.1, -0.05) is 13.8 Å². The van der Waals surface area contributed by atoms with Crippen molar-refractivity contribution in [3.05, 3.63) is 16.9 Å². The average molecular weight is 421 g/mol. The maximum atomic E-state index is 12.2. The van der Waals surface area contributed by atoms with Crippen LogP contribution in [0.3, 0.4) is 0 Å². The smallest absolute Gasteiger partial charge is 0.331 e. The Morgan fingerprint density at radius 3 is 2.63 bits per heavy atom. The van der Waals surface area contributed by atoms with Crippen molar-refractivity contribution < 1.29 is 24.7 Å². The van der Waals surface area contributed by atoms with Crippen LogP contribution in [0.1, 0.15) is 71.6 Å². The minimum Gasteiger partial charge on any atom is -0.738 e.